The van der Waals surface area contributed by atoms with Gasteiger partial charge in [0.05, 0.1) is 0 Å². The van der Waals surface area contributed by atoms with Gasteiger partial charge in [0.2, 0.25) is 11.8 Å². The average Bonchev–Trinajstić information content (AvgIpc) is 2.69. The SMILES string of the molecule is C=C/C=C\C=C(/C)C(=O)NCCC(=O)N1CCN(Cc2ccccc2)CC1. The van der Waals surface area contributed by atoms with Gasteiger partial charge < -0.3 is 10.2 Å². The molecule has 1 N–H and O–H groups in total. The van der Waals surface area contributed by atoms with Crippen LogP contribution in [0.1, 0.15) is 18.9 Å². The minimum atomic E-state index is -0.149. The van der Waals surface area contributed by atoms with E-state index in [0.29, 0.717) is 18.5 Å². The molecule has 27 heavy (non-hydrogen) atoms. The molecule has 1 saturated heterocycles. The Kier molecular flexibility index (Phi) is 8.52. The van der Waals surface area contributed by atoms with E-state index in [2.05, 4.69) is 41.1 Å². The Balaban J connectivity index is 1.67. The van der Waals surface area contributed by atoms with E-state index in [-0.39, 0.29) is 11.8 Å². The minimum absolute atomic E-state index is 0.0999. The number of hydrogen-bond acceptors (Lipinski definition) is 3. The van der Waals surface area contributed by atoms with Crippen LogP contribution in [0.25, 0.3) is 0 Å². The summed E-state index contributed by atoms with van der Waals surface area (Å²) in [6.07, 6.45) is 7.24. The van der Waals surface area contributed by atoms with Gasteiger partial charge in [-0.2, -0.15) is 0 Å². The van der Waals surface area contributed by atoms with Gasteiger partial charge in [0.15, 0.2) is 0 Å². The predicted molar refractivity (Wildman–Crippen MR) is 109 cm³/mol. The maximum Gasteiger partial charge on any atom is 0.246 e. The van der Waals surface area contributed by atoms with E-state index in [4.69, 9.17) is 0 Å². The lowest BCUT2D eigenvalue weighted by atomic mass is 10.2. The fourth-order valence-electron chi connectivity index (χ4n) is 2.93. The van der Waals surface area contributed by atoms with Gasteiger partial charge in [-0.3, -0.25) is 14.5 Å². The molecule has 0 spiro atoms. The molecule has 1 heterocycles. The van der Waals surface area contributed by atoms with Crippen LogP contribution in [0.2, 0.25) is 0 Å². The van der Waals surface area contributed by atoms with Crippen LogP contribution in [-0.2, 0) is 16.1 Å². The Morgan fingerprint density at radius 1 is 1.11 bits per heavy atom. The van der Waals surface area contributed by atoms with E-state index in [9.17, 15) is 9.59 Å². The van der Waals surface area contributed by atoms with E-state index >= 15 is 0 Å². The van der Waals surface area contributed by atoms with Gasteiger partial charge in [-0.25, -0.2) is 0 Å². The molecule has 0 aromatic heterocycles. The molecule has 0 saturated carbocycles. The quantitative estimate of drug-likeness (QED) is 0.567. The van der Waals surface area contributed by atoms with Crippen molar-refractivity contribution in [2.75, 3.05) is 32.7 Å². The number of rotatable bonds is 8. The van der Waals surface area contributed by atoms with E-state index in [1.165, 1.54) is 5.56 Å². The van der Waals surface area contributed by atoms with Crippen LogP contribution in [0.15, 0.2) is 66.8 Å². The van der Waals surface area contributed by atoms with Gasteiger partial charge in [-0.1, -0.05) is 61.2 Å². The number of benzene rings is 1. The molecule has 1 aromatic carbocycles. The summed E-state index contributed by atoms with van der Waals surface area (Å²) in [5, 5.41) is 2.80. The summed E-state index contributed by atoms with van der Waals surface area (Å²) in [4.78, 5) is 28.5. The van der Waals surface area contributed by atoms with Crippen LogP contribution in [0, 0.1) is 0 Å². The highest BCUT2D eigenvalue weighted by atomic mass is 16.2. The summed E-state index contributed by atoms with van der Waals surface area (Å²) in [7, 11) is 0. The highest BCUT2D eigenvalue weighted by molar-refractivity contribution is 5.93. The number of carbonyl (C=O) groups is 2. The molecule has 1 fully saturated rings. The first-order valence-electron chi connectivity index (χ1n) is 9.38. The zero-order valence-corrected chi connectivity index (χ0v) is 16.1. The number of allylic oxidation sites excluding steroid dienone is 4. The number of nitrogens with zero attached hydrogens (tertiary/aromatic N) is 2. The molecule has 2 rings (SSSR count). The monoisotopic (exact) mass is 367 g/mol. The maximum atomic E-state index is 12.3. The molecule has 0 atom stereocenters. The van der Waals surface area contributed by atoms with Crippen molar-refractivity contribution in [1.29, 1.82) is 0 Å². The Bertz CT molecular complexity index is 687. The third kappa shape index (κ3) is 7.23. The number of amides is 2. The molecule has 0 bridgehead atoms. The van der Waals surface area contributed by atoms with Crippen LogP contribution < -0.4 is 5.32 Å². The normalized spacial score (nSPS) is 15.7. The second-order valence-corrected chi connectivity index (χ2v) is 6.62. The molecule has 5 heteroatoms. The minimum Gasteiger partial charge on any atom is -0.352 e. The number of carbonyl (C=O) groups excluding carboxylic acids is 2. The lowest BCUT2D eigenvalue weighted by Gasteiger charge is -2.34. The van der Waals surface area contributed by atoms with Crippen LogP contribution in [0.3, 0.4) is 0 Å². The molecule has 0 unspecified atom stereocenters. The van der Waals surface area contributed by atoms with Crippen LogP contribution in [-0.4, -0.2) is 54.3 Å². The van der Waals surface area contributed by atoms with Gasteiger partial charge >= 0.3 is 0 Å². The Hall–Kier alpha value is -2.66. The van der Waals surface area contributed by atoms with Gasteiger partial charge in [-0.05, 0) is 12.5 Å². The van der Waals surface area contributed by atoms with Crippen molar-refractivity contribution in [2.24, 2.45) is 0 Å². The molecule has 5 nitrogen and oxygen atoms in total. The third-order valence-electron chi connectivity index (χ3n) is 4.55. The molecule has 0 radical (unpaired) electrons. The van der Waals surface area contributed by atoms with E-state index in [0.717, 1.165) is 32.7 Å². The predicted octanol–water partition coefficient (Wildman–Crippen LogP) is 2.53. The van der Waals surface area contributed by atoms with Crippen LogP contribution in [0.5, 0.6) is 0 Å². The largest absolute Gasteiger partial charge is 0.352 e. The van der Waals surface area contributed by atoms with Crippen LogP contribution >= 0.6 is 0 Å². The molecule has 1 aliphatic heterocycles. The number of hydrogen-bond donors (Lipinski definition) is 1. The highest BCUT2D eigenvalue weighted by Gasteiger charge is 2.20. The van der Waals surface area contributed by atoms with Crippen molar-refractivity contribution in [3.63, 3.8) is 0 Å². The van der Waals surface area contributed by atoms with E-state index in [1.807, 2.05) is 11.0 Å². The van der Waals surface area contributed by atoms with Crippen molar-refractivity contribution < 1.29 is 9.59 Å². The maximum absolute atomic E-state index is 12.3. The van der Waals surface area contributed by atoms with Gasteiger partial charge in [0.1, 0.15) is 0 Å². The lowest BCUT2D eigenvalue weighted by Crippen LogP contribution is -2.48. The topological polar surface area (TPSA) is 52.7 Å². The second-order valence-electron chi connectivity index (χ2n) is 6.62. The Labute approximate surface area is 162 Å². The lowest BCUT2D eigenvalue weighted by molar-refractivity contribution is -0.133. The zero-order valence-electron chi connectivity index (χ0n) is 16.1. The molecular weight excluding hydrogens is 338 g/mol. The summed E-state index contributed by atoms with van der Waals surface area (Å²) in [6.45, 7) is 9.85. The fraction of sp³-hybridized carbons (Fsp3) is 0.364. The van der Waals surface area contributed by atoms with Gasteiger partial charge in [0, 0.05) is 51.3 Å². The number of piperazine rings is 1. The highest BCUT2D eigenvalue weighted by Crippen LogP contribution is 2.09. The summed E-state index contributed by atoms with van der Waals surface area (Å²) in [5.41, 5.74) is 1.90. The molecule has 2 amide bonds. The van der Waals surface area contributed by atoms with Crippen LogP contribution in [0.4, 0.5) is 0 Å². The van der Waals surface area contributed by atoms with E-state index < -0.39 is 0 Å². The van der Waals surface area contributed by atoms with Crippen molar-refractivity contribution in [2.45, 2.75) is 19.9 Å². The van der Waals surface area contributed by atoms with Gasteiger partial charge in [0.25, 0.3) is 0 Å². The second kappa shape index (κ2) is 11.1. The fourth-order valence-corrected chi connectivity index (χ4v) is 2.93. The van der Waals surface area contributed by atoms with Crippen molar-refractivity contribution >= 4 is 11.8 Å². The zero-order chi connectivity index (χ0) is 19.5. The van der Waals surface area contributed by atoms with Crippen molar-refractivity contribution in [1.82, 2.24) is 15.1 Å². The Morgan fingerprint density at radius 3 is 2.48 bits per heavy atom. The molecule has 1 aromatic rings. The molecular formula is C22H29N3O2. The summed E-state index contributed by atoms with van der Waals surface area (Å²) >= 11 is 0. The first kappa shape index (κ1) is 20.6. The van der Waals surface area contributed by atoms with Crippen molar-refractivity contribution in [3.05, 3.63) is 72.4 Å². The van der Waals surface area contributed by atoms with Crippen molar-refractivity contribution in [3.8, 4) is 0 Å². The molecule has 144 valence electrons. The summed E-state index contributed by atoms with van der Waals surface area (Å²) < 4.78 is 0. The van der Waals surface area contributed by atoms with E-state index in [1.54, 1.807) is 31.2 Å². The molecule has 0 aliphatic carbocycles. The smallest absolute Gasteiger partial charge is 0.246 e. The summed E-state index contributed by atoms with van der Waals surface area (Å²) in [6, 6.07) is 10.4. The number of nitrogens with one attached hydrogen (secondary N) is 1. The first-order valence-corrected chi connectivity index (χ1v) is 9.38. The van der Waals surface area contributed by atoms with Gasteiger partial charge in [-0.15, -0.1) is 0 Å². The molecule has 1 aliphatic rings. The first-order chi connectivity index (χ1) is 13.1. The summed E-state index contributed by atoms with van der Waals surface area (Å²) in [5.74, 6) is -0.0490. The standard InChI is InChI=1S/C22H29N3O2/c1-3-4-6-9-19(2)22(27)23-13-12-21(26)25-16-14-24(15-17-25)18-20-10-7-5-8-11-20/h3-11H,1,12-18H2,2H3,(H,23,27)/b6-4-,19-9+. The third-order valence-corrected chi connectivity index (χ3v) is 4.55. The Morgan fingerprint density at radius 2 is 1.81 bits per heavy atom. The average molecular weight is 367 g/mol.